The second kappa shape index (κ2) is 6.21. The molecule has 1 N–H and O–H groups in total. The van der Waals surface area contributed by atoms with Gasteiger partial charge in [0.05, 0.1) is 4.21 Å². The molecule has 1 aromatic rings. The fourth-order valence-corrected chi connectivity index (χ4v) is 6.57. The van der Waals surface area contributed by atoms with Crippen LogP contribution in [0.15, 0.2) is 15.7 Å². The standard InChI is InChI=1S/C14H21NS3/c1-10-8-13(12-4-7-17-14(12)18-10)15-9-11-2-5-16-6-3-11/h4,7,10-11,13,15H,2-3,5-6,8-9H2,1H3/t10-,13?/m0/s1. The number of rotatable bonds is 3. The molecule has 1 saturated heterocycles. The summed E-state index contributed by atoms with van der Waals surface area (Å²) >= 11 is 6.09. The summed E-state index contributed by atoms with van der Waals surface area (Å²) in [6, 6.07) is 2.94. The molecule has 1 nitrogen and oxygen atoms in total. The lowest BCUT2D eigenvalue weighted by Gasteiger charge is -2.30. The second-order valence-corrected chi connectivity index (χ2v) is 9.19. The summed E-state index contributed by atoms with van der Waals surface area (Å²) in [5, 5.41) is 6.86. The molecule has 2 aliphatic heterocycles. The molecule has 0 bridgehead atoms. The van der Waals surface area contributed by atoms with Crippen molar-refractivity contribution >= 4 is 34.9 Å². The molecule has 0 amide bonds. The minimum absolute atomic E-state index is 0.608. The summed E-state index contributed by atoms with van der Waals surface area (Å²) in [5.74, 6) is 3.65. The van der Waals surface area contributed by atoms with E-state index in [0.29, 0.717) is 6.04 Å². The molecule has 18 heavy (non-hydrogen) atoms. The van der Waals surface area contributed by atoms with Crippen molar-refractivity contribution in [2.75, 3.05) is 18.1 Å². The van der Waals surface area contributed by atoms with E-state index < -0.39 is 0 Å². The van der Waals surface area contributed by atoms with Crippen LogP contribution in [0.25, 0.3) is 0 Å². The average molecular weight is 300 g/mol. The van der Waals surface area contributed by atoms with Gasteiger partial charge >= 0.3 is 0 Å². The van der Waals surface area contributed by atoms with E-state index in [-0.39, 0.29) is 0 Å². The fourth-order valence-electron chi connectivity index (χ4n) is 2.80. The first-order chi connectivity index (χ1) is 8.83. The van der Waals surface area contributed by atoms with Crippen LogP contribution in [-0.2, 0) is 0 Å². The molecule has 1 unspecified atom stereocenters. The van der Waals surface area contributed by atoms with Crippen molar-refractivity contribution in [3.8, 4) is 0 Å². The van der Waals surface area contributed by atoms with E-state index in [0.717, 1.165) is 11.2 Å². The summed E-state index contributed by atoms with van der Waals surface area (Å²) < 4.78 is 1.55. The Labute approximate surface area is 123 Å². The second-order valence-electron chi connectivity index (χ2n) is 5.34. The van der Waals surface area contributed by atoms with Gasteiger partial charge in [0.1, 0.15) is 0 Å². The smallest absolute Gasteiger partial charge is 0.0649 e. The van der Waals surface area contributed by atoms with Gasteiger partial charge in [0.15, 0.2) is 0 Å². The van der Waals surface area contributed by atoms with E-state index in [1.807, 2.05) is 11.3 Å². The summed E-state index contributed by atoms with van der Waals surface area (Å²) in [4.78, 5) is 0. The Morgan fingerprint density at radius 1 is 1.33 bits per heavy atom. The molecule has 0 radical (unpaired) electrons. The molecule has 2 aliphatic rings. The third-order valence-electron chi connectivity index (χ3n) is 3.90. The van der Waals surface area contributed by atoms with Crippen molar-refractivity contribution in [2.45, 2.75) is 41.7 Å². The highest BCUT2D eigenvalue weighted by molar-refractivity contribution is 8.01. The maximum absolute atomic E-state index is 3.85. The molecule has 1 fully saturated rings. The van der Waals surface area contributed by atoms with Crippen molar-refractivity contribution < 1.29 is 0 Å². The van der Waals surface area contributed by atoms with Gasteiger partial charge in [0.25, 0.3) is 0 Å². The van der Waals surface area contributed by atoms with Crippen LogP contribution in [0, 0.1) is 5.92 Å². The molecule has 0 aliphatic carbocycles. The van der Waals surface area contributed by atoms with Crippen LogP contribution in [0.1, 0.15) is 37.8 Å². The zero-order valence-corrected chi connectivity index (χ0v) is 13.3. The third-order valence-corrected chi connectivity index (χ3v) is 7.30. The minimum atomic E-state index is 0.608. The highest BCUT2D eigenvalue weighted by atomic mass is 32.2. The molecule has 1 aromatic heterocycles. The molecule has 0 aromatic carbocycles. The molecular formula is C14H21NS3. The van der Waals surface area contributed by atoms with Crippen LogP contribution in [0.3, 0.4) is 0 Å². The zero-order chi connectivity index (χ0) is 12.4. The number of hydrogen-bond acceptors (Lipinski definition) is 4. The summed E-state index contributed by atoms with van der Waals surface area (Å²) in [6.45, 7) is 3.58. The van der Waals surface area contributed by atoms with E-state index in [2.05, 4.69) is 47.2 Å². The highest BCUT2D eigenvalue weighted by Gasteiger charge is 2.26. The quantitative estimate of drug-likeness (QED) is 0.888. The minimum Gasteiger partial charge on any atom is -0.310 e. The molecule has 100 valence electrons. The van der Waals surface area contributed by atoms with E-state index in [1.165, 1.54) is 37.3 Å². The molecule has 4 heteroatoms. The monoisotopic (exact) mass is 299 g/mol. The normalized spacial score (nSPS) is 29.2. The Morgan fingerprint density at radius 2 is 2.17 bits per heavy atom. The molecule has 0 spiro atoms. The van der Waals surface area contributed by atoms with E-state index in [4.69, 9.17) is 0 Å². The van der Waals surface area contributed by atoms with Gasteiger partial charge in [-0.3, -0.25) is 0 Å². The lowest BCUT2D eigenvalue weighted by molar-refractivity contribution is 0.395. The van der Waals surface area contributed by atoms with E-state index in [9.17, 15) is 0 Å². The maximum atomic E-state index is 3.85. The highest BCUT2D eigenvalue weighted by Crippen LogP contribution is 2.43. The summed E-state index contributed by atoms with van der Waals surface area (Å²) in [6.07, 6.45) is 4.10. The van der Waals surface area contributed by atoms with Crippen LogP contribution < -0.4 is 5.32 Å². The van der Waals surface area contributed by atoms with Gasteiger partial charge in [-0.05, 0) is 60.2 Å². The molecular weight excluding hydrogens is 278 g/mol. The van der Waals surface area contributed by atoms with Crippen molar-refractivity contribution in [3.05, 3.63) is 17.0 Å². The first-order valence-corrected chi connectivity index (χ1v) is 9.79. The topological polar surface area (TPSA) is 12.0 Å². The van der Waals surface area contributed by atoms with Crippen LogP contribution in [0.5, 0.6) is 0 Å². The number of thioether (sulfide) groups is 2. The average Bonchev–Trinajstić information content (AvgIpc) is 2.85. The lowest BCUT2D eigenvalue weighted by atomic mass is 10.00. The Morgan fingerprint density at radius 3 is 3.00 bits per heavy atom. The molecule has 3 heterocycles. The van der Waals surface area contributed by atoms with E-state index >= 15 is 0 Å². The summed E-state index contributed by atoms with van der Waals surface area (Å²) in [7, 11) is 0. The van der Waals surface area contributed by atoms with Gasteiger partial charge in [-0.1, -0.05) is 6.92 Å². The van der Waals surface area contributed by atoms with Gasteiger partial charge in [0, 0.05) is 11.3 Å². The Balaban J connectivity index is 1.59. The molecule has 0 saturated carbocycles. The number of fused-ring (bicyclic) bond motifs is 1. The predicted molar refractivity (Wildman–Crippen MR) is 85.0 cm³/mol. The Kier molecular flexibility index (Phi) is 4.60. The SMILES string of the molecule is C[C@H]1CC(NCC2CCSCC2)c2ccsc2S1. The van der Waals surface area contributed by atoms with Gasteiger partial charge < -0.3 is 5.32 Å². The fraction of sp³-hybridized carbons (Fsp3) is 0.714. The van der Waals surface area contributed by atoms with E-state index in [1.54, 1.807) is 9.77 Å². The van der Waals surface area contributed by atoms with Crippen molar-refractivity contribution in [2.24, 2.45) is 5.92 Å². The van der Waals surface area contributed by atoms with Gasteiger partial charge in [-0.25, -0.2) is 0 Å². The number of nitrogens with one attached hydrogen (secondary N) is 1. The van der Waals surface area contributed by atoms with Crippen LogP contribution in [0.4, 0.5) is 0 Å². The lowest BCUT2D eigenvalue weighted by Crippen LogP contribution is -2.32. The Bertz CT molecular complexity index is 384. The van der Waals surface area contributed by atoms with Crippen LogP contribution in [-0.4, -0.2) is 23.3 Å². The maximum Gasteiger partial charge on any atom is 0.0649 e. The van der Waals surface area contributed by atoms with Crippen LogP contribution in [0.2, 0.25) is 0 Å². The Hall–Kier alpha value is 0.360. The number of hydrogen-bond donors (Lipinski definition) is 1. The van der Waals surface area contributed by atoms with Gasteiger partial charge in [0.2, 0.25) is 0 Å². The molecule has 3 rings (SSSR count). The van der Waals surface area contributed by atoms with Gasteiger partial charge in [-0.2, -0.15) is 11.8 Å². The zero-order valence-electron chi connectivity index (χ0n) is 10.9. The van der Waals surface area contributed by atoms with Crippen LogP contribution >= 0.6 is 34.9 Å². The number of thiophene rings is 1. The first kappa shape index (κ1) is 13.3. The van der Waals surface area contributed by atoms with Gasteiger partial charge in [-0.15, -0.1) is 23.1 Å². The largest absolute Gasteiger partial charge is 0.310 e. The predicted octanol–water partition coefficient (Wildman–Crippen LogP) is 4.41. The third kappa shape index (κ3) is 3.09. The van der Waals surface area contributed by atoms with Crippen molar-refractivity contribution in [1.29, 1.82) is 0 Å². The molecule has 2 atom stereocenters. The summed E-state index contributed by atoms with van der Waals surface area (Å²) in [5.41, 5.74) is 1.56. The van der Waals surface area contributed by atoms with Crippen molar-refractivity contribution in [1.82, 2.24) is 5.32 Å². The first-order valence-electron chi connectivity index (χ1n) is 6.88. The van der Waals surface area contributed by atoms with Crippen molar-refractivity contribution in [3.63, 3.8) is 0 Å².